The first kappa shape index (κ1) is 25.2. The molecule has 0 aromatic heterocycles. The first-order chi connectivity index (χ1) is 14.2. The van der Waals surface area contributed by atoms with Gasteiger partial charge >= 0.3 is 35.5 Å². The van der Waals surface area contributed by atoms with Gasteiger partial charge in [0, 0.05) is 25.7 Å². The van der Waals surface area contributed by atoms with Crippen molar-refractivity contribution in [1.29, 1.82) is 0 Å². The van der Waals surface area contributed by atoms with E-state index >= 15 is 0 Å². The molecule has 0 N–H and O–H groups in total. The molecule has 0 saturated heterocycles. The van der Waals surface area contributed by atoms with Crippen molar-refractivity contribution in [3.63, 3.8) is 0 Å². The summed E-state index contributed by atoms with van der Waals surface area (Å²) < 4.78 is 34.5. The minimum atomic E-state index is -4.27. The van der Waals surface area contributed by atoms with Crippen LogP contribution in [0.4, 0.5) is 17.1 Å². The van der Waals surface area contributed by atoms with Crippen molar-refractivity contribution in [3.05, 3.63) is 54.6 Å². The zero-order valence-electron chi connectivity index (χ0n) is 18.1. The van der Waals surface area contributed by atoms with Gasteiger partial charge in [0.15, 0.2) is 7.05 Å². The molecule has 0 atom stereocenters. The Hall–Kier alpha value is -2.04. The Bertz CT molecular complexity index is 1100. The van der Waals surface area contributed by atoms with Gasteiger partial charge in [-0.05, 0) is 43.3 Å². The van der Waals surface area contributed by atoms with Crippen LogP contribution in [0.3, 0.4) is 0 Å². The summed E-state index contributed by atoms with van der Waals surface area (Å²) in [4.78, 5) is 19.3. The minimum Gasteiger partial charge on any atom is -0.748 e. The molecular weight excluding hydrogens is 427 g/mol. The van der Waals surface area contributed by atoms with Crippen LogP contribution in [0.25, 0.3) is 0 Å². The molecule has 31 heavy (non-hydrogen) atoms. The molecule has 0 aliphatic carbocycles. The molecule has 0 spiro atoms. The van der Waals surface area contributed by atoms with Gasteiger partial charge in [-0.1, -0.05) is 23.2 Å². The summed E-state index contributed by atoms with van der Waals surface area (Å²) >= 11 is 0. The number of hydrazine groups is 1. The molecule has 1 amide bonds. The van der Waals surface area contributed by atoms with Gasteiger partial charge in [-0.15, -0.1) is 4.68 Å². The fourth-order valence-electron chi connectivity index (χ4n) is 3.24. The fraction of sp³-hybridized carbons (Fsp3) is 0.286. The molecule has 2 aromatic rings. The maximum Gasteiger partial charge on any atom is 1.00 e. The number of hydrogen-bond donors (Lipinski definition) is 0. The van der Waals surface area contributed by atoms with Crippen LogP contribution in [0.15, 0.2) is 59.6 Å². The second-order valence-corrected chi connectivity index (χ2v) is 8.40. The number of hydrogen-bond acceptors (Lipinski definition) is 6. The predicted molar refractivity (Wildman–Crippen MR) is 117 cm³/mol. The number of benzene rings is 2. The van der Waals surface area contributed by atoms with E-state index in [1.54, 1.807) is 38.9 Å². The van der Waals surface area contributed by atoms with Gasteiger partial charge in [-0.2, -0.15) is 0 Å². The van der Waals surface area contributed by atoms with Crippen LogP contribution in [0, 0.1) is 0 Å². The first-order valence-electron chi connectivity index (χ1n) is 9.55. The number of carbonyl (C=O) groups is 1. The normalized spacial score (nSPS) is 15.4. The number of carbonyl (C=O) groups excluding carboxylic acids is 1. The molecule has 1 aliphatic rings. The van der Waals surface area contributed by atoms with Crippen molar-refractivity contribution in [3.8, 4) is 0 Å². The van der Waals surface area contributed by atoms with E-state index in [4.69, 9.17) is 0 Å². The third kappa shape index (κ3) is 6.02. The maximum atomic E-state index is 13.0. The molecule has 1 aliphatic heterocycles. The zero-order chi connectivity index (χ0) is 21.9. The van der Waals surface area contributed by atoms with Gasteiger partial charge in [-0.25, -0.2) is 13.4 Å². The van der Waals surface area contributed by atoms with E-state index < -0.39 is 15.9 Å². The van der Waals surface area contributed by atoms with Gasteiger partial charge in [0.2, 0.25) is 11.4 Å². The Labute approximate surface area is 204 Å². The van der Waals surface area contributed by atoms with Crippen molar-refractivity contribution >= 4 is 44.5 Å². The van der Waals surface area contributed by atoms with Gasteiger partial charge < -0.3 is 9.45 Å². The van der Waals surface area contributed by atoms with Gasteiger partial charge in [0.25, 0.3) is 0 Å². The van der Waals surface area contributed by atoms with Crippen LogP contribution in [-0.4, -0.2) is 60.9 Å². The Kier molecular flexibility index (Phi) is 8.56. The summed E-state index contributed by atoms with van der Waals surface area (Å²) in [6.07, 6.45) is 0. The molecule has 0 radical (unpaired) electrons. The molecule has 0 saturated carbocycles. The molecule has 1 heterocycles. The van der Waals surface area contributed by atoms with Crippen LogP contribution < -0.4 is 39.5 Å². The molecule has 2 aromatic carbocycles. The third-order valence-corrected chi connectivity index (χ3v) is 5.66. The number of para-hydroxylation sites is 1. The van der Waals surface area contributed by atoms with Gasteiger partial charge in [0.05, 0.1) is 21.6 Å². The Morgan fingerprint density at radius 3 is 2.26 bits per heavy atom. The van der Waals surface area contributed by atoms with Crippen molar-refractivity contribution in [2.75, 3.05) is 35.8 Å². The van der Waals surface area contributed by atoms with E-state index in [1.165, 1.54) is 0 Å². The Balaban J connectivity index is 0.00000341. The van der Waals surface area contributed by atoms with Crippen molar-refractivity contribution in [2.24, 2.45) is 4.99 Å². The molecule has 0 unspecified atom stereocenters. The number of anilines is 2. The third-order valence-electron chi connectivity index (χ3n) is 4.97. The van der Waals surface area contributed by atoms with E-state index in [2.05, 4.69) is 4.99 Å². The second-order valence-electron chi connectivity index (χ2n) is 6.88. The number of rotatable bonds is 7. The fourth-order valence-corrected chi connectivity index (χ4v) is 3.69. The van der Waals surface area contributed by atoms with E-state index in [1.807, 2.05) is 51.2 Å². The van der Waals surface area contributed by atoms with E-state index in [9.17, 15) is 17.8 Å². The zero-order valence-corrected chi connectivity index (χ0v) is 21.0. The largest absolute Gasteiger partial charge is 1.00 e. The summed E-state index contributed by atoms with van der Waals surface area (Å²) in [6.45, 7) is 4.41. The van der Waals surface area contributed by atoms with Crippen LogP contribution in [-0.2, 0) is 14.9 Å². The van der Waals surface area contributed by atoms with E-state index in [0.717, 1.165) is 17.1 Å². The Morgan fingerprint density at radius 2 is 1.71 bits per heavy atom. The molecule has 3 rings (SSSR count). The van der Waals surface area contributed by atoms with E-state index in [-0.39, 0.29) is 42.0 Å². The number of aliphatic imine (C=N–C) groups is 1. The summed E-state index contributed by atoms with van der Waals surface area (Å²) in [6, 6.07) is 16.5. The van der Waals surface area contributed by atoms with Crippen molar-refractivity contribution in [2.45, 2.75) is 13.8 Å². The van der Waals surface area contributed by atoms with Gasteiger partial charge in [0.1, 0.15) is 5.69 Å². The average molecular weight is 452 g/mol. The molecule has 158 valence electrons. The first-order valence-corrected chi connectivity index (χ1v) is 11.1. The molecule has 0 fully saturated rings. The Morgan fingerprint density at radius 1 is 1.10 bits per heavy atom. The van der Waals surface area contributed by atoms with Crippen LogP contribution >= 0.6 is 0 Å². The van der Waals surface area contributed by atoms with Crippen molar-refractivity contribution < 1.29 is 52.0 Å². The minimum absolute atomic E-state index is 0. The molecule has 8 nitrogen and oxygen atoms in total. The molecule has 10 heteroatoms. The smallest absolute Gasteiger partial charge is 0.748 e. The molecular formula is C21H24N4NaO4S+. The number of nitrogens with zero attached hydrogens (tertiary/aromatic N) is 4. The maximum absolute atomic E-state index is 13.0. The number of amides is 1. The topological polar surface area (TPSA) is 96.1 Å². The van der Waals surface area contributed by atoms with Crippen molar-refractivity contribution in [1.82, 2.24) is 0 Å². The summed E-state index contributed by atoms with van der Waals surface area (Å²) in [5.74, 6) is -0.657. The van der Waals surface area contributed by atoms with Gasteiger partial charge in [-0.3, -0.25) is 4.79 Å². The quantitative estimate of drug-likeness (QED) is 0.312. The molecule has 0 bridgehead atoms. The number of hydrazone groups is 1. The van der Waals surface area contributed by atoms with E-state index in [0.29, 0.717) is 17.9 Å². The summed E-state index contributed by atoms with van der Waals surface area (Å²) in [5, 5.41) is 1.57. The summed E-state index contributed by atoms with van der Waals surface area (Å²) in [5.41, 5.74) is 3.25. The SMILES string of the molecule is CCN(CCS(=O)(=O)[O-])c1ccc(N=C2C(=O)N(c3ccccc3)[N+](C)=C2C)cc1.[Na+]. The van der Waals surface area contributed by atoms with Crippen LogP contribution in [0.5, 0.6) is 0 Å². The monoisotopic (exact) mass is 451 g/mol. The van der Waals surface area contributed by atoms with Crippen LogP contribution in [0.2, 0.25) is 0 Å². The summed E-state index contributed by atoms with van der Waals surface area (Å²) in [7, 11) is -2.46. The average Bonchev–Trinajstić information content (AvgIpc) is 2.92. The van der Waals surface area contributed by atoms with Crippen LogP contribution in [0.1, 0.15) is 13.8 Å². The predicted octanol–water partition coefficient (Wildman–Crippen LogP) is -0.800. The second kappa shape index (κ2) is 10.5. The standard InChI is InChI=1S/C21H24N4O4S.Na/c1-4-24(14-15-30(27,28)29)18-12-10-17(11-13-18)22-20-16(2)23(3)25(21(20)26)19-8-6-5-7-9-19;/h5-13H,4,14-15H2,1-3H3;/q;+1.